The maximum absolute atomic E-state index is 14.2. The second kappa shape index (κ2) is 12.7. The number of anilines is 1. The Morgan fingerprint density at radius 1 is 0.975 bits per heavy atom. The molecule has 0 spiro atoms. The number of allylic oxidation sites excluding steroid dienone is 5. The fourth-order valence-electron chi connectivity index (χ4n) is 4.98. The van der Waals surface area contributed by atoms with Gasteiger partial charge in [0.05, 0.1) is 19.1 Å². The number of ether oxygens (including phenoxy) is 1. The Hall–Kier alpha value is -2.93. The van der Waals surface area contributed by atoms with Gasteiger partial charge in [-0.05, 0) is 36.6 Å². The van der Waals surface area contributed by atoms with E-state index >= 15 is 0 Å². The maximum atomic E-state index is 14.2. The van der Waals surface area contributed by atoms with Gasteiger partial charge in [0.2, 0.25) is 5.91 Å². The first-order valence-electron chi connectivity index (χ1n) is 12.9. The highest BCUT2D eigenvalue weighted by atomic mass is 32.2. The second-order valence-corrected chi connectivity index (χ2v) is 10.9. The van der Waals surface area contributed by atoms with Gasteiger partial charge in [0.25, 0.3) is 0 Å². The van der Waals surface area contributed by atoms with E-state index < -0.39 is 46.6 Å². The normalized spacial score (nSPS) is 22.7. The van der Waals surface area contributed by atoms with Gasteiger partial charge in [-0.3, -0.25) is 4.79 Å². The molecule has 2 N–H and O–H groups in total. The molecule has 1 saturated carbocycles. The average Bonchev–Trinajstić information content (AvgIpc) is 3.40. The molecule has 2 atom stereocenters. The van der Waals surface area contributed by atoms with E-state index in [1.165, 1.54) is 23.1 Å². The van der Waals surface area contributed by atoms with Crippen molar-refractivity contribution in [1.82, 2.24) is 10.2 Å². The number of benzene rings is 1. The third kappa shape index (κ3) is 7.84. The van der Waals surface area contributed by atoms with Crippen LogP contribution in [-0.4, -0.2) is 61.5 Å². The van der Waals surface area contributed by atoms with Crippen molar-refractivity contribution in [2.75, 3.05) is 31.6 Å². The number of alkyl halides is 6. The minimum absolute atomic E-state index is 0.0518. The van der Waals surface area contributed by atoms with Crippen molar-refractivity contribution in [1.29, 1.82) is 0 Å². The molecule has 1 aromatic rings. The molecule has 3 aliphatic rings. The lowest BCUT2D eigenvalue weighted by Gasteiger charge is -2.35. The van der Waals surface area contributed by atoms with Crippen LogP contribution in [0.1, 0.15) is 25.7 Å². The highest BCUT2D eigenvalue weighted by Gasteiger charge is 2.58. The molecule has 0 bridgehead atoms. The van der Waals surface area contributed by atoms with Crippen LogP contribution in [-0.2, 0) is 9.53 Å². The van der Waals surface area contributed by atoms with Crippen molar-refractivity contribution in [3.63, 3.8) is 0 Å². The van der Waals surface area contributed by atoms with E-state index in [-0.39, 0.29) is 37.2 Å². The zero-order chi connectivity index (χ0) is 28.9. The molecule has 4 rings (SSSR count). The quantitative estimate of drug-likeness (QED) is 0.296. The number of thioether (sulfide) groups is 1. The van der Waals surface area contributed by atoms with Gasteiger partial charge in [0.1, 0.15) is 5.92 Å². The number of carbonyl (C=O) groups is 2. The van der Waals surface area contributed by atoms with Crippen molar-refractivity contribution in [2.24, 2.45) is 11.8 Å². The predicted octanol–water partition coefficient (Wildman–Crippen LogP) is 6.44. The Morgan fingerprint density at radius 3 is 2.30 bits per heavy atom. The van der Waals surface area contributed by atoms with Crippen LogP contribution in [0.25, 0.3) is 0 Å². The monoisotopic (exact) mass is 589 g/mol. The lowest BCUT2D eigenvalue weighted by molar-refractivity contribution is -0.233. The van der Waals surface area contributed by atoms with E-state index in [9.17, 15) is 35.9 Å². The van der Waals surface area contributed by atoms with Gasteiger partial charge in [-0.2, -0.15) is 26.3 Å². The molecule has 13 heteroatoms. The summed E-state index contributed by atoms with van der Waals surface area (Å²) in [6, 6.07) is 5.51. The van der Waals surface area contributed by atoms with Crippen LogP contribution in [0.5, 0.6) is 0 Å². The highest BCUT2D eigenvalue weighted by Crippen LogP contribution is 2.53. The van der Waals surface area contributed by atoms with Crippen LogP contribution < -0.4 is 10.6 Å². The van der Waals surface area contributed by atoms with E-state index in [1.54, 1.807) is 6.07 Å². The van der Waals surface area contributed by atoms with Crippen molar-refractivity contribution in [3.8, 4) is 0 Å². The van der Waals surface area contributed by atoms with Gasteiger partial charge < -0.3 is 20.3 Å². The molecule has 1 heterocycles. The summed E-state index contributed by atoms with van der Waals surface area (Å²) in [5.74, 6) is -6.37. The van der Waals surface area contributed by atoms with Crippen molar-refractivity contribution >= 4 is 29.4 Å². The van der Waals surface area contributed by atoms with Gasteiger partial charge in [-0.15, -0.1) is 0 Å². The molecule has 6 nitrogen and oxygen atoms in total. The molecule has 40 heavy (non-hydrogen) atoms. The van der Waals surface area contributed by atoms with Gasteiger partial charge >= 0.3 is 18.4 Å². The second-order valence-electron chi connectivity index (χ2n) is 9.75. The first-order valence-corrected chi connectivity index (χ1v) is 13.7. The first kappa shape index (κ1) is 30.0. The Morgan fingerprint density at radius 2 is 1.65 bits per heavy atom. The summed E-state index contributed by atoms with van der Waals surface area (Å²) >= 11 is 0.554. The molecule has 2 unspecified atom stereocenters. The lowest BCUT2D eigenvalue weighted by atomic mass is 9.80. The van der Waals surface area contributed by atoms with Crippen molar-refractivity contribution < 1.29 is 40.7 Å². The summed E-state index contributed by atoms with van der Waals surface area (Å²) in [6.07, 6.45) is -3.02. The number of hydrogen-bond donors (Lipinski definition) is 2. The third-order valence-electron chi connectivity index (χ3n) is 6.90. The number of hydrogen-bond acceptors (Lipinski definition) is 4. The predicted molar refractivity (Wildman–Crippen MR) is 139 cm³/mol. The van der Waals surface area contributed by atoms with Gasteiger partial charge in [0, 0.05) is 40.7 Å². The smallest absolute Gasteiger partial charge is 0.378 e. The Bertz CT molecular complexity index is 1170. The maximum Gasteiger partial charge on any atom is 0.397 e. The molecule has 0 radical (unpaired) electrons. The van der Waals surface area contributed by atoms with Crippen molar-refractivity contribution in [2.45, 2.75) is 49.0 Å². The number of rotatable bonds is 6. The average molecular weight is 590 g/mol. The summed E-state index contributed by atoms with van der Waals surface area (Å²) in [7, 11) is 0. The summed E-state index contributed by atoms with van der Waals surface area (Å²) in [6.45, 7) is 1.03. The Labute approximate surface area is 231 Å². The topological polar surface area (TPSA) is 70.7 Å². The van der Waals surface area contributed by atoms with Crippen LogP contribution in [0.2, 0.25) is 0 Å². The molecule has 1 aromatic carbocycles. The van der Waals surface area contributed by atoms with E-state index in [4.69, 9.17) is 4.74 Å². The van der Waals surface area contributed by atoms with E-state index in [0.29, 0.717) is 17.4 Å². The summed E-state index contributed by atoms with van der Waals surface area (Å²) in [4.78, 5) is 25.7. The molecular weight excluding hydrogens is 560 g/mol. The highest BCUT2D eigenvalue weighted by molar-refractivity contribution is 8.03. The molecule has 2 fully saturated rings. The fourth-order valence-corrected chi connectivity index (χ4v) is 6.12. The van der Waals surface area contributed by atoms with E-state index in [0.717, 1.165) is 50.0 Å². The summed E-state index contributed by atoms with van der Waals surface area (Å²) in [5, 5.41) is 5.47. The molecule has 2 aliphatic carbocycles. The summed E-state index contributed by atoms with van der Waals surface area (Å²) < 4.78 is 90.3. The molecule has 1 aliphatic heterocycles. The molecule has 3 amide bonds. The third-order valence-corrected chi connectivity index (χ3v) is 8.02. The Kier molecular flexibility index (Phi) is 9.55. The van der Waals surface area contributed by atoms with Crippen LogP contribution in [0.4, 0.5) is 36.8 Å². The minimum atomic E-state index is -5.24. The first-order chi connectivity index (χ1) is 18.9. The zero-order valence-corrected chi connectivity index (χ0v) is 22.2. The molecule has 1 saturated heterocycles. The van der Waals surface area contributed by atoms with Crippen LogP contribution in [0.3, 0.4) is 0 Å². The Balaban J connectivity index is 1.56. The van der Waals surface area contributed by atoms with E-state index in [1.807, 2.05) is 0 Å². The molecular formula is C27H29F6N3O3S. The van der Waals surface area contributed by atoms with Crippen LogP contribution in [0, 0.1) is 11.8 Å². The number of morpholine rings is 1. The number of carbonyl (C=O) groups excluding carboxylic acids is 2. The number of nitrogens with zero attached hydrogens (tertiary/aromatic N) is 1. The van der Waals surface area contributed by atoms with Gasteiger partial charge in [-0.1, -0.05) is 48.9 Å². The largest absolute Gasteiger partial charge is 0.397 e. The van der Waals surface area contributed by atoms with Crippen LogP contribution >= 0.6 is 11.8 Å². The number of halogens is 6. The van der Waals surface area contributed by atoms with Gasteiger partial charge in [-0.25, -0.2) is 4.79 Å². The van der Waals surface area contributed by atoms with Gasteiger partial charge in [0.15, 0.2) is 0 Å². The lowest BCUT2D eigenvalue weighted by Crippen LogP contribution is -2.42. The molecule has 0 aromatic heterocycles. The zero-order valence-electron chi connectivity index (χ0n) is 21.4. The standard InChI is InChI=1S/C27H29F6N3O3S/c28-26(29,30)23-17(9-11-22(37)36-12-14-39-15-13-36)8-10-21(24(23)27(31,32)33)40-20-7-3-6-19(16-20)35-25(38)34-18-4-1-2-5-18/h3,6-11,16,18,23-24H,1-2,4-5,12-15H2,(H2,34,35,38)/b11-9+. The fraction of sp³-hybridized carbons (Fsp3) is 0.481. The minimum Gasteiger partial charge on any atom is -0.378 e. The van der Waals surface area contributed by atoms with Crippen molar-refractivity contribution in [3.05, 3.63) is 59.0 Å². The van der Waals surface area contributed by atoms with Crippen LogP contribution in [0.15, 0.2) is 63.9 Å². The van der Waals surface area contributed by atoms with E-state index in [2.05, 4.69) is 10.6 Å². The number of amides is 3. The summed E-state index contributed by atoms with van der Waals surface area (Å²) in [5.41, 5.74) is -0.353. The SMILES string of the molecule is O=C(Nc1cccc(SC2=CC=C(/C=C/C(=O)N3CCOCC3)C(C(F)(F)F)C2C(F)(F)F)c1)NC1CCCC1. The number of urea groups is 1. The number of nitrogens with one attached hydrogen (secondary N) is 2. The molecule has 218 valence electrons.